The molecule has 0 bridgehead atoms. The lowest BCUT2D eigenvalue weighted by Gasteiger charge is -2.26. The molecule has 0 unspecified atom stereocenters. The van der Waals surface area contributed by atoms with Crippen molar-refractivity contribution in [2.75, 3.05) is 7.11 Å². The molecular weight excluding hydrogens is 364 g/mol. The van der Waals surface area contributed by atoms with Crippen molar-refractivity contribution >= 4 is 11.6 Å². The molecule has 0 spiro atoms. The fraction of sp³-hybridized carbons (Fsp3) is 0.167. The Labute approximate surface area is 169 Å². The predicted molar refractivity (Wildman–Crippen MR) is 111 cm³/mol. The van der Waals surface area contributed by atoms with Crippen LogP contribution in [-0.4, -0.2) is 28.8 Å². The van der Waals surface area contributed by atoms with Gasteiger partial charge in [0, 0.05) is 19.1 Å². The summed E-state index contributed by atoms with van der Waals surface area (Å²) in [6.07, 6.45) is -0.262. The minimum atomic E-state index is -0.775. The first-order chi connectivity index (χ1) is 14.2. The van der Waals surface area contributed by atoms with E-state index < -0.39 is 12.1 Å². The number of ether oxygens (including phenoxy) is 1. The summed E-state index contributed by atoms with van der Waals surface area (Å²) >= 11 is 0. The second-order valence-electron chi connectivity index (χ2n) is 6.90. The Bertz CT molecular complexity index is 1020. The molecule has 3 aromatic rings. The number of phenolic OH excluding ortho intramolecular Hbond substituents is 1. The SMILES string of the molecule is CO[C@@H](C(=O)N1N=C(c2ccccc2)C[C@H]1c1ccccc1O)c1ccccc1. The zero-order valence-corrected chi connectivity index (χ0v) is 16.1. The summed E-state index contributed by atoms with van der Waals surface area (Å²) in [6, 6.07) is 25.8. The molecule has 0 aromatic heterocycles. The van der Waals surface area contributed by atoms with E-state index in [9.17, 15) is 9.90 Å². The van der Waals surface area contributed by atoms with Gasteiger partial charge in [-0.05, 0) is 17.2 Å². The van der Waals surface area contributed by atoms with Crippen molar-refractivity contribution in [3.05, 3.63) is 102 Å². The predicted octanol–water partition coefficient (Wildman–Crippen LogP) is 4.46. The van der Waals surface area contributed by atoms with E-state index in [1.54, 1.807) is 12.1 Å². The summed E-state index contributed by atoms with van der Waals surface area (Å²) in [5, 5.41) is 16.5. The van der Waals surface area contributed by atoms with E-state index in [4.69, 9.17) is 4.74 Å². The summed E-state index contributed by atoms with van der Waals surface area (Å²) in [5.41, 5.74) is 3.19. The number of amides is 1. The summed E-state index contributed by atoms with van der Waals surface area (Å²) in [5.74, 6) is -0.119. The van der Waals surface area contributed by atoms with Crippen molar-refractivity contribution in [3.63, 3.8) is 0 Å². The van der Waals surface area contributed by atoms with Gasteiger partial charge in [-0.3, -0.25) is 4.79 Å². The quantitative estimate of drug-likeness (QED) is 0.704. The van der Waals surface area contributed by atoms with E-state index in [1.165, 1.54) is 12.1 Å². The van der Waals surface area contributed by atoms with Gasteiger partial charge in [0.2, 0.25) is 0 Å². The summed E-state index contributed by atoms with van der Waals surface area (Å²) in [4.78, 5) is 13.5. The lowest BCUT2D eigenvalue weighted by atomic mass is 9.97. The molecular formula is C24H22N2O3. The molecule has 3 aromatic carbocycles. The number of nitrogens with zero attached hydrogens (tertiary/aromatic N) is 2. The number of hydrazone groups is 1. The second-order valence-corrected chi connectivity index (χ2v) is 6.90. The van der Waals surface area contributed by atoms with Crippen LogP contribution in [0, 0.1) is 0 Å². The lowest BCUT2D eigenvalue weighted by Crippen LogP contribution is -2.32. The molecule has 4 rings (SSSR count). The van der Waals surface area contributed by atoms with Gasteiger partial charge in [0.25, 0.3) is 5.91 Å². The van der Waals surface area contributed by atoms with Crippen LogP contribution in [0.5, 0.6) is 5.75 Å². The lowest BCUT2D eigenvalue weighted by molar-refractivity contribution is -0.144. The first kappa shape index (κ1) is 18.9. The fourth-order valence-electron chi connectivity index (χ4n) is 3.66. The maximum atomic E-state index is 13.5. The van der Waals surface area contributed by atoms with E-state index in [2.05, 4.69) is 5.10 Å². The summed E-state index contributed by atoms with van der Waals surface area (Å²) in [6.45, 7) is 0. The van der Waals surface area contributed by atoms with Crippen LogP contribution in [0.4, 0.5) is 0 Å². The van der Waals surface area contributed by atoms with Gasteiger partial charge in [-0.1, -0.05) is 78.9 Å². The van der Waals surface area contributed by atoms with E-state index >= 15 is 0 Å². The first-order valence-electron chi connectivity index (χ1n) is 9.50. The van der Waals surface area contributed by atoms with Gasteiger partial charge in [0.1, 0.15) is 5.75 Å². The minimum absolute atomic E-state index is 0.147. The molecule has 5 nitrogen and oxygen atoms in total. The molecule has 0 aliphatic carbocycles. The van der Waals surface area contributed by atoms with Gasteiger partial charge < -0.3 is 9.84 Å². The van der Waals surface area contributed by atoms with Crippen LogP contribution in [0.1, 0.15) is 35.3 Å². The molecule has 5 heteroatoms. The Morgan fingerprint density at radius 1 is 1.00 bits per heavy atom. The van der Waals surface area contributed by atoms with Crippen molar-refractivity contribution in [1.29, 1.82) is 0 Å². The Morgan fingerprint density at radius 2 is 1.62 bits per heavy atom. The van der Waals surface area contributed by atoms with Gasteiger partial charge in [-0.25, -0.2) is 5.01 Å². The second kappa shape index (κ2) is 8.29. The van der Waals surface area contributed by atoms with E-state index in [1.807, 2.05) is 72.8 Å². The zero-order valence-electron chi connectivity index (χ0n) is 16.1. The van der Waals surface area contributed by atoms with Crippen molar-refractivity contribution in [1.82, 2.24) is 5.01 Å². The Kier molecular flexibility index (Phi) is 5.40. The maximum Gasteiger partial charge on any atom is 0.276 e. The first-order valence-corrected chi connectivity index (χ1v) is 9.50. The highest BCUT2D eigenvalue weighted by molar-refractivity contribution is 6.03. The van der Waals surface area contributed by atoms with Gasteiger partial charge in [-0.15, -0.1) is 0 Å². The number of hydrogen-bond donors (Lipinski definition) is 1. The normalized spacial score (nSPS) is 17.1. The highest BCUT2D eigenvalue weighted by atomic mass is 16.5. The third-order valence-electron chi connectivity index (χ3n) is 5.10. The van der Waals surface area contributed by atoms with Gasteiger partial charge in [-0.2, -0.15) is 5.10 Å². The largest absolute Gasteiger partial charge is 0.508 e. The smallest absolute Gasteiger partial charge is 0.276 e. The number of carbonyl (C=O) groups excluding carboxylic acids is 1. The third-order valence-corrected chi connectivity index (χ3v) is 5.10. The average molecular weight is 386 g/mol. The Morgan fingerprint density at radius 3 is 2.28 bits per heavy atom. The van der Waals surface area contributed by atoms with Crippen LogP contribution in [0.15, 0.2) is 90.0 Å². The Balaban J connectivity index is 1.74. The van der Waals surface area contributed by atoms with Gasteiger partial charge >= 0.3 is 0 Å². The molecule has 1 N–H and O–H groups in total. The number of carbonyl (C=O) groups is 1. The van der Waals surface area contributed by atoms with Crippen LogP contribution >= 0.6 is 0 Å². The summed E-state index contributed by atoms with van der Waals surface area (Å²) in [7, 11) is 1.52. The highest BCUT2D eigenvalue weighted by Crippen LogP contribution is 2.38. The van der Waals surface area contributed by atoms with Gasteiger partial charge in [0.05, 0.1) is 11.8 Å². The zero-order chi connectivity index (χ0) is 20.2. The number of hydrogen-bond acceptors (Lipinski definition) is 4. The standard InChI is InChI=1S/C24H22N2O3/c1-29-23(18-12-6-3-7-13-18)24(28)26-21(19-14-8-9-15-22(19)27)16-20(25-26)17-10-4-2-5-11-17/h2-15,21,23,27H,16H2,1H3/t21-,23+/m0/s1. The number of aromatic hydroxyl groups is 1. The molecule has 0 saturated carbocycles. The van der Waals surface area contributed by atoms with Crippen LogP contribution in [-0.2, 0) is 9.53 Å². The molecule has 0 radical (unpaired) electrons. The molecule has 0 fully saturated rings. The molecule has 2 atom stereocenters. The molecule has 29 heavy (non-hydrogen) atoms. The van der Waals surface area contributed by atoms with E-state index in [0.717, 1.165) is 16.8 Å². The Hall–Kier alpha value is -3.44. The van der Waals surface area contributed by atoms with Crippen molar-refractivity contribution in [2.24, 2.45) is 5.10 Å². The number of phenols is 1. The van der Waals surface area contributed by atoms with Crippen molar-refractivity contribution in [3.8, 4) is 5.75 Å². The van der Waals surface area contributed by atoms with Gasteiger partial charge in [0.15, 0.2) is 6.10 Å². The fourth-order valence-corrected chi connectivity index (χ4v) is 3.66. The molecule has 1 heterocycles. The van der Waals surface area contributed by atoms with E-state index in [0.29, 0.717) is 12.0 Å². The third kappa shape index (κ3) is 3.77. The number of para-hydroxylation sites is 1. The monoisotopic (exact) mass is 386 g/mol. The molecule has 0 saturated heterocycles. The molecule has 1 amide bonds. The van der Waals surface area contributed by atoms with Crippen LogP contribution in [0.25, 0.3) is 0 Å². The minimum Gasteiger partial charge on any atom is -0.508 e. The molecule has 146 valence electrons. The highest BCUT2D eigenvalue weighted by Gasteiger charge is 2.38. The maximum absolute atomic E-state index is 13.5. The number of methoxy groups -OCH3 is 1. The average Bonchev–Trinajstić information content (AvgIpc) is 3.21. The van der Waals surface area contributed by atoms with Crippen LogP contribution in [0.3, 0.4) is 0 Å². The topological polar surface area (TPSA) is 62.1 Å². The van der Waals surface area contributed by atoms with Crippen molar-refractivity contribution in [2.45, 2.75) is 18.6 Å². The number of rotatable bonds is 5. The molecule has 1 aliphatic heterocycles. The van der Waals surface area contributed by atoms with Crippen LogP contribution < -0.4 is 0 Å². The number of benzene rings is 3. The van der Waals surface area contributed by atoms with E-state index in [-0.39, 0.29) is 11.7 Å². The summed E-state index contributed by atoms with van der Waals surface area (Å²) < 4.78 is 5.54. The van der Waals surface area contributed by atoms with Crippen LogP contribution in [0.2, 0.25) is 0 Å². The molecule has 1 aliphatic rings. The van der Waals surface area contributed by atoms with Crippen molar-refractivity contribution < 1.29 is 14.6 Å².